The van der Waals surface area contributed by atoms with Gasteiger partial charge in [-0.25, -0.2) is 0 Å². The number of carbonyl (C=O) groups excluding carboxylic acids is 1. The zero-order chi connectivity index (χ0) is 15.3. The molecule has 120 valence electrons. The summed E-state index contributed by atoms with van der Waals surface area (Å²) in [6, 6.07) is 0. The number of nitrogens with two attached hydrogens (primary N) is 1. The van der Waals surface area contributed by atoms with E-state index in [0.29, 0.717) is 25.0 Å². The van der Waals surface area contributed by atoms with E-state index in [1.54, 1.807) is 20.8 Å². The molecule has 1 unspecified atom stereocenters. The highest BCUT2D eigenvalue weighted by molar-refractivity contribution is 7.85. The van der Waals surface area contributed by atoms with E-state index in [4.69, 9.17) is 10.3 Å². The minimum atomic E-state index is -4.05. The lowest BCUT2D eigenvalue weighted by Gasteiger charge is -2.29. The largest absolute Gasteiger partial charge is 0.412 e. The topological polar surface area (TPSA) is 141 Å². The summed E-state index contributed by atoms with van der Waals surface area (Å²) in [6.07, 6.45) is 1.08. The van der Waals surface area contributed by atoms with Gasteiger partial charge in [0.05, 0.1) is 5.75 Å². The maximum atomic E-state index is 11.2. The Labute approximate surface area is 120 Å². The van der Waals surface area contributed by atoms with Crippen molar-refractivity contribution in [1.82, 2.24) is 5.32 Å². The number of nitrogens with one attached hydrogen (secondary N) is 1. The van der Waals surface area contributed by atoms with Gasteiger partial charge in [0.2, 0.25) is 5.91 Å². The third-order valence-corrected chi connectivity index (χ3v) is 3.69. The van der Waals surface area contributed by atoms with Crippen molar-refractivity contribution in [2.24, 2.45) is 11.7 Å². The average molecular weight is 310 g/mol. The number of rotatable bonds is 8. The molecule has 7 nitrogen and oxygen atoms in total. The van der Waals surface area contributed by atoms with Crippen molar-refractivity contribution in [3.63, 3.8) is 0 Å². The van der Waals surface area contributed by atoms with Crippen LogP contribution in [0.5, 0.6) is 0 Å². The number of amides is 1. The Bertz CT molecular complexity index is 426. The summed E-state index contributed by atoms with van der Waals surface area (Å²) in [6.45, 7) is 8.98. The molecule has 0 fully saturated rings. The first-order valence-corrected chi connectivity index (χ1v) is 7.72. The Morgan fingerprint density at radius 3 is 2.30 bits per heavy atom. The van der Waals surface area contributed by atoms with Crippen LogP contribution in [-0.2, 0) is 14.9 Å². The summed E-state index contributed by atoms with van der Waals surface area (Å²) < 4.78 is 30.8. The van der Waals surface area contributed by atoms with Crippen LogP contribution in [0.1, 0.15) is 33.6 Å². The molecule has 0 aromatic heterocycles. The molecule has 0 spiro atoms. The fourth-order valence-electron chi connectivity index (χ4n) is 1.63. The zero-order valence-corrected chi connectivity index (χ0v) is 13.1. The molecule has 0 aliphatic heterocycles. The first-order valence-electron chi connectivity index (χ1n) is 6.11. The first-order chi connectivity index (χ1) is 8.43. The van der Waals surface area contributed by atoms with Gasteiger partial charge in [0, 0.05) is 17.7 Å². The van der Waals surface area contributed by atoms with Crippen LogP contribution < -0.4 is 11.1 Å². The van der Waals surface area contributed by atoms with Crippen molar-refractivity contribution in [3.8, 4) is 0 Å². The molecule has 0 saturated carbocycles. The van der Waals surface area contributed by atoms with Crippen LogP contribution in [0.25, 0.3) is 0 Å². The molecule has 0 aliphatic carbocycles. The molecule has 1 amide bonds. The van der Waals surface area contributed by atoms with Crippen LogP contribution in [0.2, 0.25) is 0 Å². The van der Waals surface area contributed by atoms with E-state index in [-0.39, 0.29) is 23.1 Å². The van der Waals surface area contributed by atoms with Crippen LogP contribution in [0.4, 0.5) is 0 Å². The third kappa shape index (κ3) is 9.90. The Kier molecular flexibility index (Phi) is 8.91. The van der Waals surface area contributed by atoms with Gasteiger partial charge < -0.3 is 16.5 Å². The van der Waals surface area contributed by atoms with E-state index in [1.807, 2.05) is 0 Å². The van der Waals surface area contributed by atoms with Crippen molar-refractivity contribution in [1.29, 1.82) is 0 Å². The van der Waals surface area contributed by atoms with Crippen LogP contribution in [-0.4, -0.2) is 42.2 Å². The van der Waals surface area contributed by atoms with E-state index in [9.17, 15) is 13.2 Å². The van der Waals surface area contributed by atoms with Crippen molar-refractivity contribution in [2.75, 3.05) is 12.3 Å². The lowest BCUT2D eigenvalue weighted by molar-refractivity contribution is -0.117. The van der Waals surface area contributed by atoms with Gasteiger partial charge in [-0.1, -0.05) is 6.58 Å². The molecule has 0 aliphatic rings. The van der Waals surface area contributed by atoms with E-state index < -0.39 is 15.7 Å². The standard InChI is InChI=1S/C12H24N2O4S.H2O/c1-9(2)11(15)14-7-5-6-10(12(3,4)13)8-19(16,17)18;/h10H,1,5-8,13H2,2-4H3,(H,14,15)(H,16,17,18);1H2. The van der Waals surface area contributed by atoms with Crippen LogP contribution in [0, 0.1) is 5.92 Å². The van der Waals surface area contributed by atoms with E-state index >= 15 is 0 Å². The predicted molar refractivity (Wildman–Crippen MR) is 78.8 cm³/mol. The molecule has 20 heavy (non-hydrogen) atoms. The van der Waals surface area contributed by atoms with Crippen molar-refractivity contribution in [3.05, 3.63) is 12.2 Å². The van der Waals surface area contributed by atoms with E-state index in [2.05, 4.69) is 11.9 Å². The second kappa shape index (κ2) is 8.35. The van der Waals surface area contributed by atoms with Crippen LogP contribution in [0.15, 0.2) is 12.2 Å². The van der Waals surface area contributed by atoms with Crippen LogP contribution >= 0.6 is 0 Å². The number of hydrogen-bond donors (Lipinski definition) is 3. The Balaban J connectivity index is 0. The van der Waals surface area contributed by atoms with Crippen molar-refractivity contribution < 1.29 is 23.2 Å². The first kappa shape index (κ1) is 21.3. The van der Waals surface area contributed by atoms with Gasteiger partial charge in [-0.2, -0.15) is 8.42 Å². The summed E-state index contributed by atoms with van der Waals surface area (Å²) in [5.41, 5.74) is 5.61. The minimum Gasteiger partial charge on any atom is -0.412 e. The molecule has 0 aromatic carbocycles. The summed E-state index contributed by atoms with van der Waals surface area (Å²) in [5.74, 6) is -0.965. The average Bonchev–Trinajstić information content (AvgIpc) is 2.18. The van der Waals surface area contributed by atoms with Crippen molar-refractivity contribution in [2.45, 2.75) is 39.2 Å². The van der Waals surface area contributed by atoms with Gasteiger partial charge in [-0.15, -0.1) is 0 Å². The fourth-order valence-corrected chi connectivity index (χ4v) is 2.73. The molecule has 0 saturated heterocycles. The Morgan fingerprint density at radius 1 is 1.45 bits per heavy atom. The molecule has 1 atom stereocenters. The molecule has 0 aromatic rings. The maximum absolute atomic E-state index is 11.2. The molecule has 0 heterocycles. The SMILES string of the molecule is C=C(C)C(=O)NCCCC(CS(=O)(=O)O)C(C)(C)N.O. The van der Waals surface area contributed by atoms with Gasteiger partial charge in [0.1, 0.15) is 0 Å². The highest BCUT2D eigenvalue weighted by Gasteiger charge is 2.28. The molecule has 6 N–H and O–H groups in total. The minimum absolute atomic E-state index is 0. The zero-order valence-electron chi connectivity index (χ0n) is 12.3. The highest BCUT2D eigenvalue weighted by atomic mass is 32.2. The fraction of sp³-hybridized carbons (Fsp3) is 0.750. The Hall–Kier alpha value is -0.960. The van der Waals surface area contributed by atoms with E-state index in [0.717, 1.165) is 0 Å². The second-order valence-corrected chi connectivity index (χ2v) is 6.94. The summed E-state index contributed by atoms with van der Waals surface area (Å²) in [4.78, 5) is 11.2. The Morgan fingerprint density at radius 2 is 1.95 bits per heavy atom. The summed E-state index contributed by atoms with van der Waals surface area (Å²) in [7, 11) is -4.05. The maximum Gasteiger partial charge on any atom is 0.265 e. The second-order valence-electron chi connectivity index (χ2n) is 5.45. The van der Waals surface area contributed by atoms with Crippen LogP contribution in [0.3, 0.4) is 0 Å². The molecule has 0 rings (SSSR count). The van der Waals surface area contributed by atoms with Gasteiger partial charge in [-0.05, 0) is 39.5 Å². The van der Waals surface area contributed by atoms with Crippen molar-refractivity contribution >= 4 is 16.0 Å². The molecule has 0 radical (unpaired) electrons. The predicted octanol–water partition coefficient (Wildman–Crippen LogP) is -0.124. The summed E-state index contributed by atoms with van der Waals surface area (Å²) in [5, 5.41) is 2.66. The van der Waals surface area contributed by atoms with Gasteiger partial charge >= 0.3 is 0 Å². The smallest absolute Gasteiger partial charge is 0.265 e. The van der Waals surface area contributed by atoms with Gasteiger partial charge in [0.15, 0.2) is 0 Å². The highest BCUT2D eigenvalue weighted by Crippen LogP contribution is 2.21. The molecule has 8 heteroatoms. The summed E-state index contributed by atoms with van der Waals surface area (Å²) >= 11 is 0. The molecular formula is C12H26N2O5S. The monoisotopic (exact) mass is 310 g/mol. The molecular weight excluding hydrogens is 284 g/mol. The molecule has 0 bridgehead atoms. The number of hydrogen-bond acceptors (Lipinski definition) is 4. The van der Waals surface area contributed by atoms with Gasteiger partial charge in [-0.3, -0.25) is 9.35 Å². The quantitative estimate of drug-likeness (QED) is 0.325. The lowest BCUT2D eigenvalue weighted by Crippen LogP contribution is -2.44. The normalized spacial score (nSPS) is 13.2. The van der Waals surface area contributed by atoms with Gasteiger partial charge in [0.25, 0.3) is 10.1 Å². The number of carbonyl (C=O) groups is 1. The van der Waals surface area contributed by atoms with E-state index in [1.165, 1.54) is 0 Å². The third-order valence-electron chi connectivity index (χ3n) is 2.87. The lowest BCUT2D eigenvalue weighted by atomic mass is 9.86.